The van der Waals surface area contributed by atoms with Crippen molar-refractivity contribution in [3.05, 3.63) is 0 Å². The van der Waals surface area contributed by atoms with Crippen LogP contribution in [0.2, 0.25) is 0 Å². The smallest absolute Gasteiger partial charge is 0.0589 e. The molecule has 0 radical (unpaired) electrons. The van der Waals surface area contributed by atoms with E-state index in [1.54, 1.807) is 7.11 Å². The van der Waals surface area contributed by atoms with Crippen LogP contribution in [0.25, 0.3) is 0 Å². The minimum Gasteiger partial charge on any atom is -0.383 e. The van der Waals surface area contributed by atoms with E-state index in [1.165, 1.54) is 32.4 Å². The Bertz CT molecular complexity index is 140. The summed E-state index contributed by atoms with van der Waals surface area (Å²) in [5.41, 5.74) is 0. The first-order chi connectivity index (χ1) is 7.70. The van der Waals surface area contributed by atoms with Crippen molar-refractivity contribution in [3.8, 4) is 0 Å². The number of unbranched alkanes of at least 4 members (excludes halogenated alkanes) is 2. The van der Waals surface area contributed by atoms with Crippen molar-refractivity contribution in [1.29, 1.82) is 0 Å². The molecule has 0 aromatic carbocycles. The molecule has 0 saturated carbocycles. The van der Waals surface area contributed by atoms with Gasteiger partial charge in [-0.15, -0.1) is 0 Å². The summed E-state index contributed by atoms with van der Waals surface area (Å²) >= 11 is 0. The van der Waals surface area contributed by atoms with Crippen LogP contribution >= 0.6 is 0 Å². The molecule has 0 aromatic rings. The number of nitrogens with zero attached hydrogens (tertiary/aromatic N) is 1. The lowest BCUT2D eigenvalue weighted by Crippen LogP contribution is -2.32. The molecule has 0 unspecified atom stereocenters. The highest BCUT2D eigenvalue weighted by molar-refractivity contribution is 4.60. The number of hydrogen-bond donors (Lipinski definition) is 1. The zero-order valence-electron chi connectivity index (χ0n) is 11.6. The average molecular weight is 230 g/mol. The van der Waals surface area contributed by atoms with Gasteiger partial charge in [-0.1, -0.05) is 20.3 Å². The highest BCUT2D eigenvalue weighted by atomic mass is 16.5. The molecule has 3 heteroatoms. The van der Waals surface area contributed by atoms with Gasteiger partial charge in [0, 0.05) is 20.2 Å². The van der Waals surface area contributed by atoms with Gasteiger partial charge in [-0.3, -0.25) is 0 Å². The molecule has 0 amide bonds. The molecule has 0 aliphatic rings. The Morgan fingerprint density at radius 2 is 1.88 bits per heavy atom. The van der Waals surface area contributed by atoms with Gasteiger partial charge < -0.3 is 15.0 Å². The molecule has 0 heterocycles. The van der Waals surface area contributed by atoms with Crippen molar-refractivity contribution in [2.75, 3.05) is 46.9 Å². The van der Waals surface area contributed by atoms with E-state index in [1.807, 2.05) is 7.05 Å². The summed E-state index contributed by atoms with van der Waals surface area (Å²) < 4.78 is 5.15. The van der Waals surface area contributed by atoms with Crippen LogP contribution in [0.1, 0.15) is 33.1 Å². The summed E-state index contributed by atoms with van der Waals surface area (Å²) in [5, 5.41) is 3.19. The van der Waals surface area contributed by atoms with E-state index in [2.05, 4.69) is 24.1 Å². The standard InChI is InChI=1S/C13H30N2O/c1-13(2)12-15(10-11-16-4)9-7-5-6-8-14-3/h13-14H,5-12H2,1-4H3. The van der Waals surface area contributed by atoms with Crippen LogP contribution < -0.4 is 5.32 Å². The van der Waals surface area contributed by atoms with E-state index < -0.39 is 0 Å². The summed E-state index contributed by atoms with van der Waals surface area (Å²) in [6, 6.07) is 0. The van der Waals surface area contributed by atoms with E-state index in [4.69, 9.17) is 4.74 Å². The van der Waals surface area contributed by atoms with Gasteiger partial charge >= 0.3 is 0 Å². The van der Waals surface area contributed by atoms with E-state index in [0.717, 1.165) is 25.6 Å². The van der Waals surface area contributed by atoms with Crippen LogP contribution in [0.3, 0.4) is 0 Å². The summed E-state index contributed by atoms with van der Waals surface area (Å²) in [6.07, 6.45) is 3.91. The molecule has 1 N–H and O–H groups in total. The summed E-state index contributed by atoms with van der Waals surface area (Å²) in [5.74, 6) is 0.745. The van der Waals surface area contributed by atoms with E-state index in [9.17, 15) is 0 Å². The fraction of sp³-hybridized carbons (Fsp3) is 1.00. The third kappa shape index (κ3) is 10.4. The first-order valence-electron chi connectivity index (χ1n) is 6.56. The normalized spacial score (nSPS) is 11.6. The van der Waals surface area contributed by atoms with Gasteiger partial charge in [-0.05, 0) is 38.9 Å². The predicted molar refractivity (Wildman–Crippen MR) is 70.9 cm³/mol. The molecule has 0 spiro atoms. The number of ether oxygens (including phenoxy) is 1. The number of methoxy groups -OCH3 is 1. The lowest BCUT2D eigenvalue weighted by Gasteiger charge is -2.23. The van der Waals surface area contributed by atoms with E-state index in [0.29, 0.717) is 0 Å². The Morgan fingerprint density at radius 3 is 2.44 bits per heavy atom. The van der Waals surface area contributed by atoms with Crippen LogP contribution in [0.4, 0.5) is 0 Å². The Labute approximate surface area is 102 Å². The van der Waals surface area contributed by atoms with Gasteiger partial charge in [0.15, 0.2) is 0 Å². The van der Waals surface area contributed by atoms with Crippen LogP contribution in [-0.2, 0) is 4.74 Å². The van der Waals surface area contributed by atoms with Crippen LogP contribution in [0.5, 0.6) is 0 Å². The van der Waals surface area contributed by atoms with Crippen LogP contribution in [0.15, 0.2) is 0 Å². The highest BCUT2D eigenvalue weighted by Crippen LogP contribution is 2.02. The van der Waals surface area contributed by atoms with Crippen molar-refractivity contribution >= 4 is 0 Å². The molecule has 0 aliphatic carbocycles. The van der Waals surface area contributed by atoms with Gasteiger partial charge in [0.25, 0.3) is 0 Å². The molecule has 0 fully saturated rings. The van der Waals surface area contributed by atoms with Gasteiger partial charge in [-0.2, -0.15) is 0 Å². The van der Waals surface area contributed by atoms with Gasteiger partial charge in [0.2, 0.25) is 0 Å². The molecule has 0 bridgehead atoms. The summed E-state index contributed by atoms with van der Waals surface area (Å²) in [7, 11) is 3.80. The molecule has 98 valence electrons. The number of hydrogen-bond acceptors (Lipinski definition) is 3. The number of rotatable bonds is 11. The molecular weight excluding hydrogens is 200 g/mol. The molecule has 0 aromatic heterocycles. The molecule has 0 atom stereocenters. The van der Waals surface area contributed by atoms with Crippen molar-refractivity contribution in [1.82, 2.24) is 10.2 Å². The Hall–Kier alpha value is -0.120. The zero-order valence-corrected chi connectivity index (χ0v) is 11.6. The van der Waals surface area contributed by atoms with E-state index in [-0.39, 0.29) is 0 Å². The Kier molecular flexibility index (Phi) is 11.3. The van der Waals surface area contributed by atoms with Gasteiger partial charge in [0.1, 0.15) is 0 Å². The Balaban J connectivity index is 3.56. The molecule has 0 saturated heterocycles. The van der Waals surface area contributed by atoms with E-state index >= 15 is 0 Å². The fourth-order valence-corrected chi connectivity index (χ4v) is 1.85. The largest absolute Gasteiger partial charge is 0.383 e. The monoisotopic (exact) mass is 230 g/mol. The molecular formula is C13H30N2O. The molecule has 0 aliphatic heterocycles. The van der Waals surface area contributed by atoms with Gasteiger partial charge in [-0.25, -0.2) is 0 Å². The topological polar surface area (TPSA) is 24.5 Å². The van der Waals surface area contributed by atoms with Crippen molar-refractivity contribution < 1.29 is 4.74 Å². The molecule has 0 rings (SSSR count). The average Bonchev–Trinajstić information content (AvgIpc) is 2.24. The zero-order chi connectivity index (χ0) is 12.2. The second-order valence-corrected chi connectivity index (χ2v) is 4.85. The van der Waals surface area contributed by atoms with Crippen LogP contribution in [-0.4, -0.2) is 51.8 Å². The quantitative estimate of drug-likeness (QED) is 0.549. The van der Waals surface area contributed by atoms with Gasteiger partial charge in [0.05, 0.1) is 6.61 Å². The first-order valence-corrected chi connectivity index (χ1v) is 6.56. The lowest BCUT2D eigenvalue weighted by molar-refractivity contribution is 0.138. The lowest BCUT2D eigenvalue weighted by atomic mass is 10.2. The predicted octanol–water partition coefficient (Wildman–Crippen LogP) is 1.98. The molecule has 16 heavy (non-hydrogen) atoms. The van der Waals surface area contributed by atoms with Crippen molar-refractivity contribution in [3.63, 3.8) is 0 Å². The highest BCUT2D eigenvalue weighted by Gasteiger charge is 2.06. The maximum atomic E-state index is 5.15. The maximum Gasteiger partial charge on any atom is 0.0589 e. The summed E-state index contributed by atoms with van der Waals surface area (Å²) in [4.78, 5) is 2.52. The minimum absolute atomic E-state index is 0.745. The SMILES string of the molecule is CNCCCCCN(CCOC)CC(C)C. The van der Waals surface area contributed by atoms with Crippen LogP contribution in [0, 0.1) is 5.92 Å². The minimum atomic E-state index is 0.745. The maximum absolute atomic E-state index is 5.15. The summed E-state index contributed by atoms with van der Waals surface area (Å²) in [6.45, 7) is 10.0. The third-order valence-corrected chi connectivity index (χ3v) is 2.64. The Morgan fingerprint density at radius 1 is 1.12 bits per heavy atom. The molecule has 3 nitrogen and oxygen atoms in total. The second-order valence-electron chi connectivity index (χ2n) is 4.85. The second kappa shape index (κ2) is 11.4. The third-order valence-electron chi connectivity index (χ3n) is 2.64. The van der Waals surface area contributed by atoms with Crippen molar-refractivity contribution in [2.45, 2.75) is 33.1 Å². The first kappa shape index (κ1) is 15.9. The van der Waals surface area contributed by atoms with Crippen molar-refractivity contribution in [2.24, 2.45) is 5.92 Å². The fourth-order valence-electron chi connectivity index (χ4n) is 1.85. The number of nitrogens with one attached hydrogen (secondary N) is 1.